The normalized spacial score (nSPS) is 23.6. The second kappa shape index (κ2) is 5.62. The number of hydrogen-bond donors (Lipinski definition) is 2. The maximum atomic E-state index is 11.6. The molecule has 0 aromatic heterocycles. The van der Waals surface area contributed by atoms with Crippen LogP contribution in [0.3, 0.4) is 0 Å². The lowest BCUT2D eigenvalue weighted by Crippen LogP contribution is -2.37. The quantitative estimate of drug-likeness (QED) is 0.837. The zero-order chi connectivity index (χ0) is 12.3. The molecule has 1 aromatic rings. The third kappa shape index (κ3) is 3.06. The first-order valence-electron chi connectivity index (χ1n) is 5.64. The fourth-order valence-electron chi connectivity index (χ4n) is 1.90. The molecule has 1 saturated heterocycles. The van der Waals surface area contributed by atoms with Gasteiger partial charge < -0.3 is 4.74 Å². The van der Waals surface area contributed by atoms with E-state index in [0.717, 1.165) is 10.0 Å². The van der Waals surface area contributed by atoms with Gasteiger partial charge in [-0.05, 0) is 31.0 Å². The molecular formula is C12H15BrN2O2. The van der Waals surface area contributed by atoms with Crippen LogP contribution in [-0.2, 0) is 9.53 Å². The number of hydrogen-bond acceptors (Lipinski definition) is 4. The number of benzene rings is 1. The summed E-state index contributed by atoms with van der Waals surface area (Å²) in [4.78, 5) is 11.6. The number of nitrogens with one attached hydrogen (secondary N) is 2. The second-order valence-corrected chi connectivity index (χ2v) is 4.85. The molecule has 0 bridgehead atoms. The lowest BCUT2D eigenvalue weighted by Gasteiger charge is -2.09. The SMILES string of the molecule is CCOC(=O)C1CC(c2cccc(Br)c2)NN1. The molecule has 0 amide bonds. The minimum Gasteiger partial charge on any atom is -0.465 e. The third-order valence-corrected chi connectivity index (χ3v) is 3.22. The molecule has 1 aliphatic heterocycles. The summed E-state index contributed by atoms with van der Waals surface area (Å²) >= 11 is 3.44. The van der Waals surface area contributed by atoms with E-state index in [2.05, 4.69) is 26.8 Å². The molecule has 0 saturated carbocycles. The minimum atomic E-state index is -0.265. The number of halogens is 1. The summed E-state index contributed by atoms with van der Waals surface area (Å²) in [7, 11) is 0. The highest BCUT2D eigenvalue weighted by atomic mass is 79.9. The van der Waals surface area contributed by atoms with Gasteiger partial charge in [-0.25, -0.2) is 10.9 Å². The van der Waals surface area contributed by atoms with Gasteiger partial charge in [0.15, 0.2) is 0 Å². The zero-order valence-electron chi connectivity index (χ0n) is 9.57. The average molecular weight is 299 g/mol. The van der Waals surface area contributed by atoms with Gasteiger partial charge in [-0.3, -0.25) is 4.79 Å². The van der Waals surface area contributed by atoms with E-state index >= 15 is 0 Å². The standard InChI is InChI=1S/C12H15BrN2O2/c1-2-17-12(16)11-7-10(14-15-11)8-4-3-5-9(13)6-8/h3-6,10-11,14-15H,2,7H2,1H3. The molecule has 2 atom stereocenters. The maximum absolute atomic E-state index is 11.6. The van der Waals surface area contributed by atoms with Crippen molar-refractivity contribution in [2.75, 3.05) is 6.61 Å². The molecule has 1 heterocycles. The number of hydrazine groups is 1. The first kappa shape index (κ1) is 12.5. The Morgan fingerprint density at radius 2 is 2.35 bits per heavy atom. The Kier molecular flexibility index (Phi) is 4.15. The molecular weight excluding hydrogens is 284 g/mol. The summed E-state index contributed by atoms with van der Waals surface area (Å²) in [5.41, 5.74) is 7.24. The van der Waals surface area contributed by atoms with E-state index in [1.54, 1.807) is 0 Å². The molecule has 2 N–H and O–H groups in total. The van der Waals surface area contributed by atoms with Crippen molar-refractivity contribution in [2.45, 2.75) is 25.4 Å². The molecule has 17 heavy (non-hydrogen) atoms. The first-order chi connectivity index (χ1) is 8.20. The van der Waals surface area contributed by atoms with Gasteiger partial charge in [0, 0.05) is 10.5 Å². The monoisotopic (exact) mass is 298 g/mol. The summed E-state index contributed by atoms with van der Waals surface area (Å²) in [5, 5.41) is 0. The van der Waals surface area contributed by atoms with E-state index in [4.69, 9.17) is 4.74 Å². The smallest absolute Gasteiger partial charge is 0.324 e. The van der Waals surface area contributed by atoms with Crippen LogP contribution >= 0.6 is 15.9 Å². The average Bonchev–Trinajstić information content (AvgIpc) is 2.78. The van der Waals surface area contributed by atoms with Crippen LogP contribution in [0.2, 0.25) is 0 Å². The summed E-state index contributed by atoms with van der Waals surface area (Å²) in [6.45, 7) is 2.23. The van der Waals surface area contributed by atoms with Crippen molar-refractivity contribution >= 4 is 21.9 Å². The van der Waals surface area contributed by atoms with E-state index in [1.165, 1.54) is 0 Å². The maximum Gasteiger partial charge on any atom is 0.324 e. The fraction of sp³-hybridized carbons (Fsp3) is 0.417. The topological polar surface area (TPSA) is 50.4 Å². The van der Waals surface area contributed by atoms with Crippen molar-refractivity contribution in [2.24, 2.45) is 0 Å². The van der Waals surface area contributed by atoms with Crippen molar-refractivity contribution in [1.82, 2.24) is 10.9 Å². The van der Waals surface area contributed by atoms with Gasteiger partial charge in [0.1, 0.15) is 6.04 Å². The number of carbonyl (C=O) groups is 1. The number of ether oxygens (including phenoxy) is 1. The Hall–Kier alpha value is -0.910. The van der Waals surface area contributed by atoms with Crippen LogP contribution in [0.4, 0.5) is 0 Å². The third-order valence-electron chi connectivity index (χ3n) is 2.73. The zero-order valence-corrected chi connectivity index (χ0v) is 11.2. The molecule has 0 aliphatic carbocycles. The van der Waals surface area contributed by atoms with Gasteiger partial charge >= 0.3 is 5.97 Å². The van der Waals surface area contributed by atoms with Crippen molar-refractivity contribution in [3.63, 3.8) is 0 Å². The summed E-state index contributed by atoms with van der Waals surface area (Å²) < 4.78 is 6.02. The van der Waals surface area contributed by atoms with Gasteiger partial charge in [-0.15, -0.1) is 0 Å². The van der Waals surface area contributed by atoms with Crippen LogP contribution in [0.25, 0.3) is 0 Å². The van der Waals surface area contributed by atoms with E-state index in [1.807, 2.05) is 31.2 Å². The van der Waals surface area contributed by atoms with Gasteiger partial charge in [-0.1, -0.05) is 28.1 Å². The van der Waals surface area contributed by atoms with Crippen LogP contribution in [0.5, 0.6) is 0 Å². The highest BCUT2D eigenvalue weighted by molar-refractivity contribution is 9.10. The number of carbonyl (C=O) groups excluding carboxylic acids is 1. The van der Waals surface area contributed by atoms with Crippen LogP contribution < -0.4 is 10.9 Å². The number of esters is 1. The summed E-state index contributed by atoms with van der Waals surface area (Å²) in [6.07, 6.45) is 0.704. The Balaban J connectivity index is 2.00. The number of rotatable bonds is 3. The predicted molar refractivity (Wildman–Crippen MR) is 68.2 cm³/mol. The Morgan fingerprint density at radius 3 is 3.06 bits per heavy atom. The predicted octanol–water partition coefficient (Wildman–Crippen LogP) is 1.92. The van der Waals surface area contributed by atoms with Gasteiger partial charge in [0.05, 0.1) is 6.61 Å². The second-order valence-electron chi connectivity index (χ2n) is 3.94. The van der Waals surface area contributed by atoms with Crippen LogP contribution in [-0.4, -0.2) is 18.6 Å². The Morgan fingerprint density at radius 1 is 1.53 bits per heavy atom. The minimum absolute atomic E-state index is 0.141. The molecule has 92 valence electrons. The van der Waals surface area contributed by atoms with E-state index in [0.29, 0.717) is 13.0 Å². The van der Waals surface area contributed by atoms with Gasteiger partial charge in [0.25, 0.3) is 0 Å². The molecule has 0 spiro atoms. The molecule has 1 aromatic carbocycles. The lowest BCUT2D eigenvalue weighted by atomic mass is 10.0. The van der Waals surface area contributed by atoms with Crippen molar-refractivity contribution < 1.29 is 9.53 Å². The molecule has 2 rings (SSSR count). The van der Waals surface area contributed by atoms with E-state index < -0.39 is 0 Å². The summed E-state index contributed by atoms with van der Waals surface area (Å²) in [5.74, 6) is -0.197. The molecule has 5 heteroatoms. The highest BCUT2D eigenvalue weighted by Gasteiger charge is 2.30. The molecule has 0 radical (unpaired) electrons. The van der Waals surface area contributed by atoms with Crippen LogP contribution in [0.1, 0.15) is 24.9 Å². The van der Waals surface area contributed by atoms with E-state index in [-0.39, 0.29) is 18.1 Å². The summed E-state index contributed by atoms with van der Waals surface area (Å²) in [6, 6.07) is 7.93. The fourth-order valence-corrected chi connectivity index (χ4v) is 2.31. The largest absolute Gasteiger partial charge is 0.465 e. The van der Waals surface area contributed by atoms with E-state index in [9.17, 15) is 4.79 Å². The Bertz CT molecular complexity index is 411. The van der Waals surface area contributed by atoms with Crippen molar-refractivity contribution in [3.05, 3.63) is 34.3 Å². The van der Waals surface area contributed by atoms with Gasteiger partial charge in [-0.2, -0.15) is 0 Å². The van der Waals surface area contributed by atoms with Crippen molar-refractivity contribution in [1.29, 1.82) is 0 Å². The van der Waals surface area contributed by atoms with Crippen LogP contribution in [0.15, 0.2) is 28.7 Å². The molecule has 1 aliphatic rings. The molecule has 4 nitrogen and oxygen atoms in total. The molecule has 1 fully saturated rings. The first-order valence-corrected chi connectivity index (χ1v) is 6.43. The van der Waals surface area contributed by atoms with Gasteiger partial charge in [0.2, 0.25) is 0 Å². The molecule has 2 unspecified atom stereocenters. The van der Waals surface area contributed by atoms with Crippen molar-refractivity contribution in [3.8, 4) is 0 Å². The lowest BCUT2D eigenvalue weighted by molar-refractivity contribution is -0.145. The van der Waals surface area contributed by atoms with Crippen LogP contribution in [0, 0.1) is 0 Å². The Labute approximate surface area is 109 Å². The highest BCUT2D eigenvalue weighted by Crippen LogP contribution is 2.24.